The van der Waals surface area contributed by atoms with Gasteiger partial charge in [-0.05, 0) is 26.3 Å². The molecule has 0 bridgehead atoms. The number of rotatable bonds is 5. The summed E-state index contributed by atoms with van der Waals surface area (Å²) < 4.78 is 0. The molecule has 116 valence electrons. The fraction of sp³-hybridized carbons (Fsp3) is 0.500. The van der Waals surface area contributed by atoms with Crippen molar-refractivity contribution >= 4 is 11.8 Å². The lowest BCUT2D eigenvalue weighted by atomic mass is 9.91. The van der Waals surface area contributed by atoms with E-state index >= 15 is 0 Å². The zero-order valence-corrected chi connectivity index (χ0v) is 13.3. The minimum Gasteiger partial charge on any atom is -0.385 e. The number of aliphatic hydroxyl groups is 1. The molecule has 1 aromatic carbocycles. The molecule has 1 unspecified atom stereocenters. The molecule has 1 rings (SSSR count). The second-order valence-corrected chi connectivity index (χ2v) is 6.19. The summed E-state index contributed by atoms with van der Waals surface area (Å²) in [6.45, 7) is 4.87. The van der Waals surface area contributed by atoms with Crippen molar-refractivity contribution < 1.29 is 14.7 Å². The van der Waals surface area contributed by atoms with E-state index in [0.29, 0.717) is 5.56 Å². The molecule has 2 amide bonds. The predicted octanol–water partition coefficient (Wildman–Crippen LogP) is 1.27. The minimum absolute atomic E-state index is 0.110. The van der Waals surface area contributed by atoms with Crippen LogP contribution in [0.25, 0.3) is 0 Å². The van der Waals surface area contributed by atoms with Crippen LogP contribution in [0.4, 0.5) is 0 Å². The van der Waals surface area contributed by atoms with Crippen molar-refractivity contribution in [3.63, 3.8) is 0 Å². The van der Waals surface area contributed by atoms with Gasteiger partial charge in [-0.2, -0.15) is 0 Å². The summed E-state index contributed by atoms with van der Waals surface area (Å²) in [5, 5.41) is 13.1. The van der Waals surface area contributed by atoms with Crippen molar-refractivity contribution in [1.29, 1.82) is 0 Å². The van der Waals surface area contributed by atoms with Crippen molar-refractivity contribution in [3.05, 3.63) is 35.9 Å². The van der Waals surface area contributed by atoms with Gasteiger partial charge in [0.05, 0.1) is 12.0 Å². The van der Waals surface area contributed by atoms with Crippen LogP contribution in [0.15, 0.2) is 30.3 Å². The molecule has 0 aliphatic rings. The quantitative estimate of drug-likeness (QED) is 0.858. The first-order valence-corrected chi connectivity index (χ1v) is 6.87. The van der Waals surface area contributed by atoms with Gasteiger partial charge in [0, 0.05) is 14.1 Å². The van der Waals surface area contributed by atoms with Gasteiger partial charge >= 0.3 is 0 Å². The lowest BCUT2D eigenvalue weighted by Gasteiger charge is -2.30. The van der Waals surface area contributed by atoms with Gasteiger partial charge in [0.25, 0.3) is 0 Å². The lowest BCUT2D eigenvalue weighted by molar-refractivity contribution is -0.139. The van der Waals surface area contributed by atoms with E-state index in [1.165, 1.54) is 4.90 Å². The number of benzene rings is 1. The summed E-state index contributed by atoms with van der Waals surface area (Å²) in [5.74, 6) is -0.570. The highest BCUT2D eigenvalue weighted by Crippen LogP contribution is 2.24. The zero-order chi connectivity index (χ0) is 16.3. The number of hydrogen-bond acceptors (Lipinski definition) is 3. The monoisotopic (exact) mass is 292 g/mol. The van der Waals surface area contributed by atoms with E-state index < -0.39 is 11.1 Å². The average molecular weight is 292 g/mol. The Bertz CT molecular complexity index is 508. The van der Waals surface area contributed by atoms with Crippen LogP contribution >= 0.6 is 0 Å². The summed E-state index contributed by atoms with van der Waals surface area (Å²) in [5.41, 5.74) is -1.62. The van der Waals surface area contributed by atoms with Gasteiger partial charge in [-0.25, -0.2) is 0 Å². The number of likely N-dealkylation sites (N-methyl/N-ethyl adjacent to an activating group) is 1. The molecule has 0 aliphatic carbocycles. The third kappa shape index (κ3) is 4.56. The zero-order valence-electron chi connectivity index (χ0n) is 13.3. The Hall–Kier alpha value is -1.88. The summed E-state index contributed by atoms with van der Waals surface area (Å²) in [7, 11) is 3.27. The topological polar surface area (TPSA) is 69.6 Å². The molecule has 0 fully saturated rings. The van der Waals surface area contributed by atoms with Crippen LogP contribution in [0.3, 0.4) is 0 Å². The average Bonchev–Trinajstić information content (AvgIpc) is 2.37. The van der Waals surface area contributed by atoms with Gasteiger partial charge in [-0.3, -0.25) is 9.59 Å². The molecular weight excluding hydrogens is 268 g/mol. The van der Waals surface area contributed by atoms with Gasteiger partial charge in [0.15, 0.2) is 0 Å². The van der Waals surface area contributed by atoms with Crippen LogP contribution < -0.4 is 5.32 Å². The van der Waals surface area contributed by atoms with E-state index in [4.69, 9.17) is 0 Å². The normalized spacial score (nSPS) is 14.2. The van der Waals surface area contributed by atoms with Gasteiger partial charge in [0.1, 0.15) is 5.54 Å². The number of carbonyl (C=O) groups excluding carboxylic acids is 2. The molecule has 1 aromatic rings. The maximum Gasteiger partial charge on any atom is 0.247 e. The molecule has 0 aliphatic heterocycles. The fourth-order valence-electron chi connectivity index (χ4n) is 2.22. The summed E-state index contributed by atoms with van der Waals surface area (Å²) in [6, 6.07) is 8.99. The first kappa shape index (κ1) is 17.2. The molecule has 2 N–H and O–H groups in total. The molecule has 5 nitrogen and oxygen atoms in total. The number of nitrogens with zero attached hydrogens (tertiary/aromatic N) is 1. The SMILES string of the molecule is CN(C)C(=O)C(C)(C)NC(=O)CC(C)(O)c1ccccc1. The molecule has 0 saturated carbocycles. The second-order valence-electron chi connectivity index (χ2n) is 6.19. The molecule has 1 atom stereocenters. The Morgan fingerprint density at radius 1 is 1.14 bits per heavy atom. The first-order chi connectivity index (χ1) is 9.56. The van der Waals surface area contributed by atoms with Crippen molar-refractivity contribution in [2.24, 2.45) is 0 Å². The third-order valence-electron chi connectivity index (χ3n) is 3.29. The summed E-state index contributed by atoms with van der Waals surface area (Å²) >= 11 is 0. The van der Waals surface area contributed by atoms with Crippen molar-refractivity contribution in [2.75, 3.05) is 14.1 Å². The van der Waals surface area contributed by atoms with Crippen molar-refractivity contribution in [3.8, 4) is 0 Å². The van der Waals surface area contributed by atoms with Crippen LogP contribution in [-0.2, 0) is 15.2 Å². The first-order valence-electron chi connectivity index (χ1n) is 6.87. The molecule has 0 spiro atoms. The van der Waals surface area contributed by atoms with Crippen LogP contribution in [0.1, 0.15) is 32.8 Å². The van der Waals surface area contributed by atoms with Crippen LogP contribution in [0, 0.1) is 0 Å². The van der Waals surface area contributed by atoms with Gasteiger partial charge in [-0.1, -0.05) is 30.3 Å². The van der Waals surface area contributed by atoms with Crippen LogP contribution in [-0.4, -0.2) is 41.5 Å². The molecule has 0 radical (unpaired) electrons. The summed E-state index contributed by atoms with van der Waals surface area (Å²) in [4.78, 5) is 25.5. The largest absolute Gasteiger partial charge is 0.385 e. The molecule has 0 aromatic heterocycles. The predicted molar refractivity (Wildman–Crippen MR) is 81.5 cm³/mol. The van der Waals surface area contributed by atoms with Crippen molar-refractivity contribution in [1.82, 2.24) is 10.2 Å². The maximum atomic E-state index is 12.1. The Morgan fingerprint density at radius 2 is 1.67 bits per heavy atom. The van der Waals surface area contributed by atoms with E-state index in [1.807, 2.05) is 6.07 Å². The number of amides is 2. The fourth-order valence-corrected chi connectivity index (χ4v) is 2.22. The number of nitrogens with one attached hydrogen (secondary N) is 1. The third-order valence-corrected chi connectivity index (χ3v) is 3.29. The smallest absolute Gasteiger partial charge is 0.247 e. The van der Waals surface area contributed by atoms with Crippen molar-refractivity contribution in [2.45, 2.75) is 38.3 Å². The Labute approximate surface area is 126 Å². The van der Waals surface area contributed by atoms with E-state index in [9.17, 15) is 14.7 Å². The minimum atomic E-state index is -1.28. The molecule has 5 heteroatoms. The molecular formula is C16H24N2O3. The van der Waals surface area contributed by atoms with Gasteiger partial charge < -0.3 is 15.3 Å². The Balaban J connectivity index is 2.76. The van der Waals surface area contributed by atoms with Crippen LogP contribution in [0.2, 0.25) is 0 Å². The molecule has 0 heterocycles. The molecule has 0 saturated heterocycles. The highest BCUT2D eigenvalue weighted by atomic mass is 16.3. The van der Waals surface area contributed by atoms with Crippen LogP contribution in [0.5, 0.6) is 0 Å². The van der Waals surface area contributed by atoms with E-state index in [2.05, 4.69) is 5.32 Å². The highest BCUT2D eigenvalue weighted by Gasteiger charge is 2.33. The highest BCUT2D eigenvalue weighted by molar-refractivity contribution is 5.90. The van der Waals surface area contributed by atoms with E-state index in [-0.39, 0.29) is 18.2 Å². The Kier molecular flexibility index (Phi) is 5.12. The van der Waals surface area contributed by atoms with E-state index in [1.54, 1.807) is 59.1 Å². The second kappa shape index (κ2) is 6.26. The lowest BCUT2D eigenvalue weighted by Crippen LogP contribution is -2.55. The summed E-state index contributed by atoms with van der Waals surface area (Å²) in [6.07, 6.45) is -0.110. The van der Waals surface area contributed by atoms with Gasteiger partial charge in [0.2, 0.25) is 11.8 Å². The maximum absolute atomic E-state index is 12.1. The molecule has 21 heavy (non-hydrogen) atoms. The van der Waals surface area contributed by atoms with Gasteiger partial charge in [-0.15, -0.1) is 0 Å². The standard InChI is InChI=1S/C16H24N2O3/c1-15(2,14(20)18(4)5)17-13(19)11-16(3,21)12-9-7-6-8-10-12/h6-10,21H,11H2,1-5H3,(H,17,19). The number of carbonyl (C=O) groups is 2. The Morgan fingerprint density at radius 3 is 2.14 bits per heavy atom. The van der Waals surface area contributed by atoms with E-state index in [0.717, 1.165) is 0 Å². The number of hydrogen-bond donors (Lipinski definition) is 2.